The first-order valence-electron chi connectivity index (χ1n) is 12.8. The standard InChI is InChI=1S/C28H31N5O4S2/c1-2-3-4-5-6-14-33-23-12-11-20(38-15-13-18-7-9-19(10-8-18)27(36)37)16-21(23)24(26(33)35)31-32-25(34)22-17-39-28(29)30-22/h7-12,16-17,35H,2-6,13-15H2,1H3,(H2,29,30)(H,36,37). The molecule has 9 nitrogen and oxygen atoms in total. The molecule has 0 aliphatic rings. The maximum atomic E-state index is 12.5. The number of anilines is 1. The predicted molar refractivity (Wildman–Crippen MR) is 156 cm³/mol. The molecule has 1 amide bonds. The van der Waals surface area contributed by atoms with E-state index < -0.39 is 11.9 Å². The molecule has 4 aromatic rings. The van der Waals surface area contributed by atoms with Crippen LogP contribution in [0.2, 0.25) is 0 Å². The number of thiazole rings is 1. The zero-order valence-electron chi connectivity index (χ0n) is 21.7. The monoisotopic (exact) mass is 565 g/mol. The number of amides is 1. The molecule has 0 saturated carbocycles. The fourth-order valence-corrected chi connectivity index (χ4v) is 5.70. The van der Waals surface area contributed by atoms with Crippen molar-refractivity contribution in [2.75, 3.05) is 11.5 Å². The van der Waals surface area contributed by atoms with Gasteiger partial charge in [0.1, 0.15) is 5.69 Å². The molecule has 0 saturated heterocycles. The molecule has 0 radical (unpaired) electrons. The Labute approximate surface area is 234 Å². The highest BCUT2D eigenvalue weighted by atomic mass is 32.2. The van der Waals surface area contributed by atoms with Crippen molar-refractivity contribution in [3.8, 4) is 5.88 Å². The van der Waals surface area contributed by atoms with Gasteiger partial charge in [-0.1, -0.05) is 44.7 Å². The Morgan fingerprint density at radius 1 is 1.10 bits per heavy atom. The number of aryl methyl sites for hydroxylation is 2. The third-order valence-electron chi connectivity index (χ3n) is 6.31. The second-order valence-corrected chi connectivity index (χ2v) is 11.2. The molecule has 11 heteroatoms. The molecule has 0 bridgehead atoms. The molecular weight excluding hydrogens is 534 g/mol. The van der Waals surface area contributed by atoms with E-state index in [2.05, 4.69) is 22.1 Å². The summed E-state index contributed by atoms with van der Waals surface area (Å²) in [5, 5.41) is 30.7. The van der Waals surface area contributed by atoms with Gasteiger partial charge in [0, 0.05) is 28.0 Å². The Kier molecular flexibility index (Phi) is 9.72. The number of aromatic carboxylic acids is 1. The number of carbonyl (C=O) groups is 2. The number of nitrogen functional groups attached to an aromatic ring is 1. The zero-order chi connectivity index (χ0) is 27.8. The largest absolute Gasteiger partial charge is 0.493 e. The van der Waals surface area contributed by atoms with Crippen molar-refractivity contribution < 1.29 is 19.8 Å². The molecule has 0 spiro atoms. The second kappa shape index (κ2) is 13.4. The average Bonchev–Trinajstić information content (AvgIpc) is 3.48. The number of carboxylic acid groups (broad SMARTS) is 1. The highest BCUT2D eigenvalue weighted by Crippen LogP contribution is 2.41. The molecule has 39 heavy (non-hydrogen) atoms. The van der Waals surface area contributed by atoms with Gasteiger partial charge in [0.15, 0.2) is 10.8 Å². The molecule has 0 aliphatic heterocycles. The number of aromatic nitrogens is 2. The first-order chi connectivity index (χ1) is 18.9. The lowest BCUT2D eigenvalue weighted by Crippen LogP contribution is -1.97. The molecule has 0 aliphatic carbocycles. The van der Waals surface area contributed by atoms with Crippen LogP contribution < -0.4 is 5.73 Å². The van der Waals surface area contributed by atoms with E-state index in [1.165, 1.54) is 11.8 Å². The number of aromatic hydroxyl groups is 1. The molecule has 2 aromatic heterocycles. The Bertz CT molecular complexity index is 1480. The van der Waals surface area contributed by atoms with Gasteiger partial charge in [-0.05, 0) is 48.7 Å². The number of carboxylic acids is 1. The summed E-state index contributed by atoms with van der Waals surface area (Å²) in [6.07, 6.45) is 6.25. The Hall–Kier alpha value is -3.70. The SMILES string of the molecule is CCCCCCCn1c(O)c(N=NC(=O)c2csc(N)n2)c2cc(SCCc3ccc(C(=O)O)cc3)ccc21. The number of fused-ring (bicyclic) bond motifs is 1. The van der Waals surface area contributed by atoms with Crippen LogP contribution in [0.15, 0.2) is 63.0 Å². The van der Waals surface area contributed by atoms with E-state index in [0.717, 1.165) is 65.2 Å². The topological polar surface area (TPSA) is 143 Å². The fraction of sp³-hybridized carbons (Fsp3) is 0.321. The molecule has 2 aromatic carbocycles. The molecule has 0 fully saturated rings. The number of thioether (sulfide) groups is 1. The van der Waals surface area contributed by atoms with Gasteiger partial charge in [0.05, 0.1) is 11.1 Å². The van der Waals surface area contributed by atoms with Crippen molar-refractivity contribution >= 4 is 56.7 Å². The van der Waals surface area contributed by atoms with Crippen LogP contribution in [0, 0.1) is 0 Å². The second-order valence-electron chi connectivity index (χ2n) is 9.09. The van der Waals surface area contributed by atoms with E-state index in [1.807, 2.05) is 34.9 Å². The van der Waals surface area contributed by atoms with Crippen molar-refractivity contribution in [1.82, 2.24) is 9.55 Å². The molecular formula is C28H31N5O4S2. The van der Waals surface area contributed by atoms with Gasteiger partial charge in [0.25, 0.3) is 0 Å². The number of benzene rings is 2. The molecule has 0 atom stereocenters. The first-order valence-corrected chi connectivity index (χ1v) is 14.7. The highest BCUT2D eigenvalue weighted by Gasteiger charge is 2.18. The number of hydrogen-bond donors (Lipinski definition) is 3. The van der Waals surface area contributed by atoms with Crippen LogP contribution in [0.5, 0.6) is 5.88 Å². The summed E-state index contributed by atoms with van der Waals surface area (Å²) < 4.78 is 1.83. The third-order valence-corrected chi connectivity index (χ3v) is 7.98. The third kappa shape index (κ3) is 7.24. The number of nitrogens with zero attached hydrogens (tertiary/aromatic N) is 4. The summed E-state index contributed by atoms with van der Waals surface area (Å²) in [6.45, 7) is 2.81. The minimum atomic E-state index is -0.939. The quantitative estimate of drug-likeness (QED) is 0.0875. The summed E-state index contributed by atoms with van der Waals surface area (Å²) in [7, 11) is 0. The number of nitrogens with two attached hydrogens (primary N) is 1. The van der Waals surface area contributed by atoms with Gasteiger partial charge in [-0.15, -0.1) is 33.3 Å². The van der Waals surface area contributed by atoms with Gasteiger partial charge < -0.3 is 20.5 Å². The van der Waals surface area contributed by atoms with Crippen LogP contribution in [0.3, 0.4) is 0 Å². The normalized spacial score (nSPS) is 11.5. The highest BCUT2D eigenvalue weighted by molar-refractivity contribution is 7.99. The van der Waals surface area contributed by atoms with E-state index >= 15 is 0 Å². The Morgan fingerprint density at radius 2 is 1.87 bits per heavy atom. The summed E-state index contributed by atoms with van der Waals surface area (Å²) in [5.74, 6) is -0.800. The van der Waals surface area contributed by atoms with Crippen molar-refractivity contribution in [2.24, 2.45) is 10.2 Å². The van der Waals surface area contributed by atoms with Gasteiger partial charge in [-0.2, -0.15) is 0 Å². The van der Waals surface area contributed by atoms with Gasteiger partial charge in [0.2, 0.25) is 5.88 Å². The number of carbonyl (C=O) groups excluding carboxylic acids is 1. The first kappa shape index (κ1) is 28.3. The summed E-state index contributed by atoms with van der Waals surface area (Å²) in [5.41, 5.74) is 8.15. The van der Waals surface area contributed by atoms with Crippen LogP contribution in [0.1, 0.15) is 65.4 Å². The van der Waals surface area contributed by atoms with Crippen LogP contribution in [0.25, 0.3) is 10.9 Å². The summed E-state index contributed by atoms with van der Waals surface area (Å²) in [6, 6.07) is 12.8. The molecule has 2 heterocycles. The van der Waals surface area contributed by atoms with Gasteiger partial charge in [-0.25, -0.2) is 9.78 Å². The number of hydrogen-bond acceptors (Lipinski definition) is 8. The summed E-state index contributed by atoms with van der Waals surface area (Å²) in [4.78, 5) is 28.5. The number of unbranched alkanes of at least 4 members (excludes halogenated alkanes) is 4. The lowest BCUT2D eigenvalue weighted by molar-refractivity contribution is 0.0696. The van der Waals surface area contributed by atoms with Crippen LogP contribution >= 0.6 is 23.1 Å². The Morgan fingerprint density at radius 3 is 2.56 bits per heavy atom. The smallest absolute Gasteiger partial charge is 0.335 e. The number of azo groups is 1. The van der Waals surface area contributed by atoms with Crippen LogP contribution in [-0.2, 0) is 13.0 Å². The van der Waals surface area contributed by atoms with Crippen molar-refractivity contribution in [2.45, 2.75) is 56.9 Å². The maximum Gasteiger partial charge on any atom is 0.335 e. The average molecular weight is 566 g/mol. The van der Waals surface area contributed by atoms with E-state index in [9.17, 15) is 14.7 Å². The van der Waals surface area contributed by atoms with E-state index in [1.54, 1.807) is 23.9 Å². The molecule has 4 rings (SSSR count). The molecule has 204 valence electrons. The summed E-state index contributed by atoms with van der Waals surface area (Å²) >= 11 is 2.80. The molecule has 0 unspecified atom stereocenters. The predicted octanol–water partition coefficient (Wildman–Crippen LogP) is 7.31. The maximum absolute atomic E-state index is 12.5. The fourth-order valence-electron chi connectivity index (χ4n) is 4.22. The van der Waals surface area contributed by atoms with Crippen LogP contribution in [-0.4, -0.2) is 37.4 Å². The van der Waals surface area contributed by atoms with Crippen molar-refractivity contribution in [3.63, 3.8) is 0 Å². The Balaban J connectivity index is 1.54. The minimum Gasteiger partial charge on any atom is -0.493 e. The minimum absolute atomic E-state index is 0.0181. The van der Waals surface area contributed by atoms with Gasteiger partial charge in [-0.3, -0.25) is 4.79 Å². The van der Waals surface area contributed by atoms with E-state index in [-0.39, 0.29) is 28.0 Å². The van der Waals surface area contributed by atoms with Crippen LogP contribution in [0.4, 0.5) is 10.8 Å². The number of rotatable bonds is 13. The van der Waals surface area contributed by atoms with E-state index in [4.69, 9.17) is 10.8 Å². The van der Waals surface area contributed by atoms with Crippen molar-refractivity contribution in [1.29, 1.82) is 0 Å². The zero-order valence-corrected chi connectivity index (χ0v) is 23.3. The van der Waals surface area contributed by atoms with E-state index in [0.29, 0.717) is 11.9 Å². The van der Waals surface area contributed by atoms with Crippen molar-refractivity contribution in [3.05, 3.63) is 64.7 Å². The lowest BCUT2D eigenvalue weighted by Gasteiger charge is -2.07. The lowest BCUT2D eigenvalue weighted by atomic mass is 10.1. The van der Waals surface area contributed by atoms with Gasteiger partial charge >= 0.3 is 11.9 Å². The molecule has 4 N–H and O–H groups in total.